The third-order valence-corrected chi connectivity index (χ3v) is 5.03. The van der Waals surface area contributed by atoms with Crippen molar-refractivity contribution >= 4 is 28.7 Å². The Morgan fingerprint density at radius 3 is 2.91 bits per heavy atom. The molecule has 1 aliphatic rings. The highest BCUT2D eigenvalue weighted by Crippen LogP contribution is 2.27. The second kappa shape index (κ2) is 7.18. The lowest BCUT2D eigenvalue weighted by molar-refractivity contribution is -0.125. The lowest BCUT2D eigenvalue weighted by Crippen LogP contribution is -2.34. The summed E-state index contributed by atoms with van der Waals surface area (Å²) < 4.78 is 0. The molecule has 1 fully saturated rings. The molecule has 1 aromatic carbocycles. The van der Waals surface area contributed by atoms with E-state index in [9.17, 15) is 4.79 Å². The van der Waals surface area contributed by atoms with Gasteiger partial charge in [-0.1, -0.05) is 25.0 Å². The van der Waals surface area contributed by atoms with Gasteiger partial charge in [0.15, 0.2) is 0 Å². The van der Waals surface area contributed by atoms with Crippen molar-refractivity contribution in [3.8, 4) is 0 Å². The largest absolute Gasteiger partial charge is 0.346 e. The molecule has 1 aromatic heterocycles. The maximum Gasteiger partial charge on any atom is 0.223 e. The number of carbonyl (C=O) groups excluding carboxylic acids is 1. The summed E-state index contributed by atoms with van der Waals surface area (Å²) in [5, 5.41) is 3.22. The van der Waals surface area contributed by atoms with E-state index in [-0.39, 0.29) is 17.9 Å². The van der Waals surface area contributed by atoms with Crippen molar-refractivity contribution < 1.29 is 4.79 Å². The predicted molar refractivity (Wildman–Crippen MR) is 91.9 cm³/mol. The quantitative estimate of drug-likeness (QED) is 0.855. The van der Waals surface area contributed by atoms with Crippen LogP contribution in [0.25, 0.3) is 11.0 Å². The summed E-state index contributed by atoms with van der Waals surface area (Å²) in [6.45, 7) is 0. The average Bonchev–Trinajstić information content (AvgIpc) is 3.19. The molecule has 22 heavy (non-hydrogen) atoms. The van der Waals surface area contributed by atoms with Gasteiger partial charge in [-0.25, -0.2) is 4.98 Å². The molecule has 0 bridgehead atoms. The van der Waals surface area contributed by atoms with E-state index in [0.29, 0.717) is 0 Å². The predicted octanol–water partition coefficient (Wildman–Crippen LogP) is 3.66. The first kappa shape index (κ1) is 15.4. The molecule has 1 heterocycles. The van der Waals surface area contributed by atoms with E-state index in [4.69, 9.17) is 0 Å². The van der Waals surface area contributed by atoms with Crippen LogP contribution in [0.2, 0.25) is 0 Å². The average molecular weight is 317 g/mol. The van der Waals surface area contributed by atoms with Crippen LogP contribution < -0.4 is 5.32 Å². The van der Waals surface area contributed by atoms with Crippen molar-refractivity contribution in [1.82, 2.24) is 15.3 Å². The third-order valence-electron chi connectivity index (χ3n) is 4.39. The molecule has 118 valence electrons. The number of aromatic nitrogens is 2. The molecule has 3 rings (SSSR count). The van der Waals surface area contributed by atoms with Crippen LogP contribution in [0.3, 0.4) is 0 Å². The molecule has 0 aliphatic heterocycles. The SMILES string of the molecule is CSCC[C@@H](NC(=O)C1CCCC1)c1nc2ccccc2[nH]1. The summed E-state index contributed by atoms with van der Waals surface area (Å²) in [5.41, 5.74) is 1.99. The van der Waals surface area contributed by atoms with Crippen molar-refractivity contribution in [3.63, 3.8) is 0 Å². The maximum absolute atomic E-state index is 12.4. The Morgan fingerprint density at radius 1 is 1.41 bits per heavy atom. The standard InChI is InChI=1S/C17H23N3OS/c1-22-11-10-15(20-17(21)12-6-2-3-7-12)16-18-13-8-4-5-9-14(13)19-16/h4-5,8-9,12,15H,2-3,6-7,10-11H2,1H3,(H,18,19)(H,20,21)/t15-/m1/s1. The highest BCUT2D eigenvalue weighted by Gasteiger charge is 2.26. The third kappa shape index (κ3) is 3.46. The van der Waals surface area contributed by atoms with Gasteiger partial charge in [-0.15, -0.1) is 0 Å². The number of amides is 1. The van der Waals surface area contributed by atoms with E-state index in [1.165, 1.54) is 12.8 Å². The van der Waals surface area contributed by atoms with Gasteiger partial charge >= 0.3 is 0 Å². The molecule has 0 spiro atoms. The Bertz CT molecular complexity index is 601. The lowest BCUT2D eigenvalue weighted by atomic mass is 10.1. The van der Waals surface area contributed by atoms with E-state index in [2.05, 4.69) is 21.5 Å². The molecule has 0 radical (unpaired) electrons. The molecule has 4 nitrogen and oxygen atoms in total. The maximum atomic E-state index is 12.4. The van der Waals surface area contributed by atoms with E-state index in [0.717, 1.165) is 41.9 Å². The minimum Gasteiger partial charge on any atom is -0.346 e. The number of nitrogens with zero attached hydrogens (tertiary/aromatic N) is 1. The summed E-state index contributed by atoms with van der Waals surface area (Å²) in [7, 11) is 0. The molecule has 0 saturated heterocycles. The lowest BCUT2D eigenvalue weighted by Gasteiger charge is -2.19. The number of imidazole rings is 1. The van der Waals surface area contributed by atoms with E-state index in [1.54, 1.807) is 11.8 Å². The number of benzene rings is 1. The first-order valence-electron chi connectivity index (χ1n) is 8.02. The van der Waals surface area contributed by atoms with Crippen LogP contribution in [-0.4, -0.2) is 27.9 Å². The number of thioether (sulfide) groups is 1. The Labute approximate surface area is 135 Å². The van der Waals surface area contributed by atoms with Gasteiger partial charge in [0.2, 0.25) is 5.91 Å². The summed E-state index contributed by atoms with van der Waals surface area (Å²) in [6, 6.07) is 7.99. The molecule has 2 aromatic rings. The molecular formula is C17H23N3OS. The van der Waals surface area contributed by atoms with Crippen molar-refractivity contribution in [2.45, 2.75) is 38.1 Å². The molecule has 1 amide bonds. The summed E-state index contributed by atoms with van der Waals surface area (Å²) in [6.07, 6.45) is 7.41. The Morgan fingerprint density at radius 2 is 2.18 bits per heavy atom. The first-order valence-corrected chi connectivity index (χ1v) is 9.41. The van der Waals surface area contributed by atoms with Gasteiger partial charge in [-0.05, 0) is 43.4 Å². The minimum absolute atomic E-state index is 0.0204. The number of carbonyl (C=O) groups is 1. The van der Waals surface area contributed by atoms with Crippen LogP contribution in [0.15, 0.2) is 24.3 Å². The highest BCUT2D eigenvalue weighted by atomic mass is 32.2. The van der Waals surface area contributed by atoms with E-state index in [1.807, 2.05) is 24.3 Å². The van der Waals surface area contributed by atoms with Crippen molar-refractivity contribution in [2.24, 2.45) is 5.92 Å². The van der Waals surface area contributed by atoms with Crippen molar-refractivity contribution in [2.75, 3.05) is 12.0 Å². The van der Waals surface area contributed by atoms with Crippen molar-refractivity contribution in [1.29, 1.82) is 0 Å². The number of hydrogen-bond acceptors (Lipinski definition) is 3. The first-order chi connectivity index (χ1) is 10.8. The van der Waals surface area contributed by atoms with Gasteiger partial charge < -0.3 is 10.3 Å². The topological polar surface area (TPSA) is 57.8 Å². The van der Waals surface area contributed by atoms with Gasteiger partial charge in [0, 0.05) is 5.92 Å². The van der Waals surface area contributed by atoms with Gasteiger partial charge in [0.25, 0.3) is 0 Å². The fraction of sp³-hybridized carbons (Fsp3) is 0.529. The Hall–Kier alpha value is -1.49. The molecule has 1 aliphatic carbocycles. The highest BCUT2D eigenvalue weighted by molar-refractivity contribution is 7.98. The number of nitrogens with one attached hydrogen (secondary N) is 2. The van der Waals surface area contributed by atoms with E-state index >= 15 is 0 Å². The number of hydrogen-bond donors (Lipinski definition) is 2. The molecular weight excluding hydrogens is 294 g/mol. The molecule has 1 saturated carbocycles. The molecule has 2 N–H and O–H groups in total. The number of rotatable bonds is 6. The molecule has 5 heteroatoms. The fourth-order valence-electron chi connectivity index (χ4n) is 3.13. The number of para-hydroxylation sites is 2. The summed E-state index contributed by atoms with van der Waals surface area (Å²) >= 11 is 1.80. The molecule has 0 unspecified atom stereocenters. The zero-order valence-electron chi connectivity index (χ0n) is 13.0. The number of fused-ring (bicyclic) bond motifs is 1. The van der Waals surface area contributed by atoms with Crippen LogP contribution >= 0.6 is 11.8 Å². The normalized spacial score (nSPS) is 17.0. The van der Waals surface area contributed by atoms with Crippen LogP contribution in [-0.2, 0) is 4.79 Å². The molecule has 1 atom stereocenters. The van der Waals surface area contributed by atoms with Gasteiger partial charge in [-0.3, -0.25) is 4.79 Å². The second-order valence-electron chi connectivity index (χ2n) is 5.96. The van der Waals surface area contributed by atoms with E-state index < -0.39 is 0 Å². The van der Waals surface area contributed by atoms with Crippen LogP contribution in [0.4, 0.5) is 0 Å². The van der Waals surface area contributed by atoms with Gasteiger partial charge in [0.05, 0.1) is 17.1 Å². The zero-order valence-corrected chi connectivity index (χ0v) is 13.8. The summed E-state index contributed by atoms with van der Waals surface area (Å²) in [4.78, 5) is 20.5. The smallest absolute Gasteiger partial charge is 0.223 e. The Kier molecular flexibility index (Phi) is 5.03. The number of H-pyrrole nitrogens is 1. The van der Waals surface area contributed by atoms with Gasteiger partial charge in [-0.2, -0.15) is 11.8 Å². The Balaban J connectivity index is 1.77. The van der Waals surface area contributed by atoms with Gasteiger partial charge in [0.1, 0.15) is 5.82 Å². The number of aromatic amines is 1. The van der Waals surface area contributed by atoms with Crippen LogP contribution in [0.5, 0.6) is 0 Å². The fourth-order valence-corrected chi connectivity index (χ4v) is 3.60. The zero-order chi connectivity index (χ0) is 15.4. The second-order valence-corrected chi connectivity index (χ2v) is 6.95. The minimum atomic E-state index is -0.0204. The van der Waals surface area contributed by atoms with Crippen LogP contribution in [0, 0.1) is 5.92 Å². The van der Waals surface area contributed by atoms with Crippen LogP contribution in [0.1, 0.15) is 44.0 Å². The summed E-state index contributed by atoms with van der Waals surface area (Å²) in [5.74, 6) is 2.28. The van der Waals surface area contributed by atoms with Crippen molar-refractivity contribution in [3.05, 3.63) is 30.1 Å². The monoisotopic (exact) mass is 317 g/mol.